The summed E-state index contributed by atoms with van der Waals surface area (Å²) in [7, 11) is 1.84. The van der Waals surface area contributed by atoms with E-state index in [1.54, 1.807) is 10.9 Å². The van der Waals surface area contributed by atoms with Gasteiger partial charge in [-0.15, -0.1) is 0 Å². The highest BCUT2D eigenvalue weighted by molar-refractivity contribution is 5.36. The van der Waals surface area contributed by atoms with Gasteiger partial charge >= 0.3 is 0 Å². The van der Waals surface area contributed by atoms with Crippen LogP contribution >= 0.6 is 0 Å². The van der Waals surface area contributed by atoms with Crippen molar-refractivity contribution >= 4 is 0 Å². The molecule has 3 aromatic rings. The maximum atomic E-state index is 10.7. The fourth-order valence-corrected chi connectivity index (χ4v) is 3.85. The van der Waals surface area contributed by atoms with E-state index >= 15 is 0 Å². The minimum Gasteiger partial charge on any atom is -0.380 e. The van der Waals surface area contributed by atoms with Gasteiger partial charge in [0.05, 0.1) is 23.6 Å². The van der Waals surface area contributed by atoms with E-state index < -0.39 is 6.10 Å². The van der Waals surface area contributed by atoms with E-state index in [0.29, 0.717) is 5.69 Å². The first-order chi connectivity index (χ1) is 12.9. The predicted octanol–water partition coefficient (Wildman–Crippen LogP) is 2.64. The Morgan fingerprint density at radius 3 is 2.59 bits per heavy atom. The molecule has 27 heavy (non-hydrogen) atoms. The number of aliphatic hydroxyl groups excluding tert-OH is 1. The summed E-state index contributed by atoms with van der Waals surface area (Å²) >= 11 is 0. The molecule has 0 saturated heterocycles. The van der Waals surface area contributed by atoms with E-state index in [4.69, 9.17) is 0 Å². The molecule has 4 rings (SSSR count). The van der Waals surface area contributed by atoms with E-state index in [0.717, 1.165) is 37.6 Å². The number of hydrogen-bond acceptors (Lipinski definition) is 4. The van der Waals surface area contributed by atoms with Crippen molar-refractivity contribution in [1.29, 1.82) is 0 Å². The Kier molecular flexibility index (Phi) is 4.61. The average molecular weight is 365 g/mol. The van der Waals surface area contributed by atoms with Crippen LogP contribution in [0.25, 0.3) is 0 Å². The quantitative estimate of drug-likeness (QED) is 0.772. The minimum absolute atomic E-state index is 0.692. The Bertz CT molecular complexity index is 971. The summed E-state index contributed by atoms with van der Waals surface area (Å²) in [6.45, 7) is 10.1. The lowest BCUT2D eigenvalue weighted by molar-refractivity contribution is 0.196. The molecule has 3 heterocycles. The molecule has 2 aromatic heterocycles. The lowest BCUT2D eigenvalue weighted by Crippen LogP contribution is -2.33. The van der Waals surface area contributed by atoms with Crippen LogP contribution in [0.3, 0.4) is 0 Å². The molecule has 142 valence electrons. The number of hydrogen-bond donors (Lipinski definition) is 1. The predicted molar refractivity (Wildman–Crippen MR) is 104 cm³/mol. The highest BCUT2D eigenvalue weighted by Crippen LogP contribution is 2.24. The molecule has 6 nitrogen and oxygen atoms in total. The Labute approximate surface area is 160 Å². The molecule has 1 aromatic carbocycles. The molecule has 1 unspecified atom stereocenters. The maximum Gasteiger partial charge on any atom is 0.139 e. The zero-order valence-corrected chi connectivity index (χ0v) is 16.5. The normalized spacial score (nSPS) is 15.7. The van der Waals surface area contributed by atoms with Crippen molar-refractivity contribution in [3.8, 4) is 0 Å². The van der Waals surface area contributed by atoms with E-state index in [9.17, 15) is 5.11 Å². The lowest BCUT2D eigenvalue weighted by atomic mass is 10.0. The summed E-state index contributed by atoms with van der Waals surface area (Å²) < 4.78 is 3.72. The van der Waals surface area contributed by atoms with Gasteiger partial charge in [-0.05, 0) is 55.2 Å². The number of rotatable bonds is 4. The topological polar surface area (TPSA) is 59.1 Å². The van der Waals surface area contributed by atoms with Gasteiger partial charge < -0.3 is 5.11 Å². The molecule has 6 heteroatoms. The van der Waals surface area contributed by atoms with Crippen LogP contribution in [0.4, 0.5) is 0 Å². The average Bonchev–Trinajstić information content (AvgIpc) is 3.24. The Balaban J connectivity index is 1.52. The zero-order valence-electron chi connectivity index (χ0n) is 16.5. The number of nitrogens with zero attached hydrogens (tertiary/aromatic N) is 5. The molecule has 0 spiro atoms. The van der Waals surface area contributed by atoms with Gasteiger partial charge in [0.2, 0.25) is 0 Å². The number of fused-ring (bicyclic) bond motifs is 1. The summed E-state index contributed by atoms with van der Waals surface area (Å²) in [6, 6.07) is 8.45. The molecular weight excluding hydrogens is 338 g/mol. The second kappa shape index (κ2) is 6.94. The van der Waals surface area contributed by atoms with Gasteiger partial charge in [-0.3, -0.25) is 14.3 Å². The van der Waals surface area contributed by atoms with Crippen molar-refractivity contribution in [2.75, 3.05) is 6.54 Å². The summed E-state index contributed by atoms with van der Waals surface area (Å²) in [4.78, 5) is 2.45. The number of aryl methyl sites for hydroxylation is 4. The molecule has 0 fully saturated rings. The van der Waals surface area contributed by atoms with Crippen LogP contribution in [0.1, 0.15) is 45.4 Å². The second-order valence-electron chi connectivity index (χ2n) is 7.64. The molecule has 1 aliphatic rings. The number of benzene rings is 1. The maximum absolute atomic E-state index is 10.7. The molecule has 1 atom stereocenters. The third-order valence-electron chi connectivity index (χ3n) is 5.66. The van der Waals surface area contributed by atoms with Crippen molar-refractivity contribution in [2.45, 2.75) is 46.5 Å². The van der Waals surface area contributed by atoms with E-state index in [2.05, 4.69) is 48.0 Å². The van der Waals surface area contributed by atoms with Crippen LogP contribution in [0.2, 0.25) is 0 Å². The number of aliphatic hydroxyl groups is 1. The standard InChI is InChI=1S/C21H27N5O/c1-14-9-16(3)17(10-15(14)2)12-25-7-8-26-18(13-25)11-19(23-26)21(27)20-5-6-22-24(20)4/h5-6,9-11,21,27H,7-8,12-13H2,1-4H3. The fourth-order valence-electron chi connectivity index (χ4n) is 3.85. The summed E-state index contributed by atoms with van der Waals surface area (Å²) in [5.41, 5.74) is 8.04. The van der Waals surface area contributed by atoms with Crippen LogP contribution in [-0.4, -0.2) is 36.1 Å². The zero-order chi connectivity index (χ0) is 19.1. The lowest BCUT2D eigenvalue weighted by Gasteiger charge is -2.28. The van der Waals surface area contributed by atoms with Crippen molar-refractivity contribution < 1.29 is 5.11 Å². The molecule has 0 saturated carbocycles. The van der Waals surface area contributed by atoms with Crippen LogP contribution in [0.5, 0.6) is 0 Å². The molecule has 1 N–H and O–H groups in total. The smallest absolute Gasteiger partial charge is 0.139 e. The molecule has 0 aliphatic carbocycles. The van der Waals surface area contributed by atoms with Crippen molar-refractivity contribution in [1.82, 2.24) is 24.5 Å². The SMILES string of the molecule is Cc1cc(C)c(CN2CCn3nc(C(O)c4ccnn4C)cc3C2)cc1C. The summed E-state index contributed by atoms with van der Waals surface area (Å²) in [5, 5.41) is 19.4. The third-order valence-corrected chi connectivity index (χ3v) is 5.66. The summed E-state index contributed by atoms with van der Waals surface area (Å²) in [5.74, 6) is 0. The highest BCUT2D eigenvalue weighted by atomic mass is 16.3. The van der Waals surface area contributed by atoms with Crippen LogP contribution in [0.15, 0.2) is 30.5 Å². The largest absolute Gasteiger partial charge is 0.380 e. The molecular formula is C21H27N5O. The Morgan fingerprint density at radius 2 is 1.85 bits per heavy atom. The number of aromatic nitrogens is 4. The first-order valence-corrected chi connectivity index (χ1v) is 9.44. The Morgan fingerprint density at radius 1 is 1.07 bits per heavy atom. The monoisotopic (exact) mass is 365 g/mol. The van der Waals surface area contributed by atoms with Crippen molar-refractivity contribution in [3.63, 3.8) is 0 Å². The molecule has 0 amide bonds. The first kappa shape index (κ1) is 17.9. The molecule has 0 bridgehead atoms. The van der Waals surface area contributed by atoms with Gasteiger partial charge in [0.1, 0.15) is 6.10 Å². The highest BCUT2D eigenvalue weighted by Gasteiger charge is 2.23. The molecule has 0 radical (unpaired) electrons. The van der Waals surface area contributed by atoms with Gasteiger partial charge in [0.15, 0.2) is 0 Å². The summed E-state index contributed by atoms with van der Waals surface area (Å²) in [6.07, 6.45) is 0.952. The van der Waals surface area contributed by atoms with E-state index in [1.165, 1.54) is 22.3 Å². The van der Waals surface area contributed by atoms with Gasteiger partial charge in [-0.2, -0.15) is 10.2 Å². The van der Waals surface area contributed by atoms with Gasteiger partial charge in [0.25, 0.3) is 0 Å². The van der Waals surface area contributed by atoms with Gasteiger partial charge in [0, 0.05) is 32.9 Å². The first-order valence-electron chi connectivity index (χ1n) is 9.44. The van der Waals surface area contributed by atoms with Gasteiger partial charge in [-0.25, -0.2) is 0 Å². The third kappa shape index (κ3) is 3.42. The van der Waals surface area contributed by atoms with Crippen LogP contribution in [0, 0.1) is 20.8 Å². The van der Waals surface area contributed by atoms with E-state index in [1.807, 2.05) is 23.9 Å². The minimum atomic E-state index is -0.744. The van der Waals surface area contributed by atoms with Crippen molar-refractivity contribution in [2.24, 2.45) is 7.05 Å². The second-order valence-corrected chi connectivity index (χ2v) is 7.64. The Hall–Kier alpha value is -2.44. The fraction of sp³-hybridized carbons (Fsp3) is 0.429. The van der Waals surface area contributed by atoms with E-state index in [-0.39, 0.29) is 0 Å². The molecule has 1 aliphatic heterocycles. The van der Waals surface area contributed by atoms with Gasteiger partial charge in [-0.1, -0.05) is 12.1 Å². The van der Waals surface area contributed by atoms with Crippen LogP contribution < -0.4 is 0 Å². The van der Waals surface area contributed by atoms with Crippen LogP contribution in [-0.2, 0) is 26.7 Å². The van der Waals surface area contributed by atoms with Crippen molar-refractivity contribution in [3.05, 3.63) is 69.8 Å².